The number of anilines is 1. The van der Waals surface area contributed by atoms with Crippen molar-refractivity contribution in [2.45, 2.75) is 33.7 Å². The van der Waals surface area contributed by atoms with E-state index in [9.17, 15) is 5.26 Å². The normalized spacial score (nSPS) is 11.8. The van der Waals surface area contributed by atoms with Crippen LogP contribution in [0.15, 0.2) is 36.4 Å². The van der Waals surface area contributed by atoms with Gasteiger partial charge in [-0.1, -0.05) is 35.9 Å². The molecule has 0 aromatic heterocycles. The van der Waals surface area contributed by atoms with E-state index in [1.165, 1.54) is 5.56 Å². The van der Waals surface area contributed by atoms with E-state index in [2.05, 4.69) is 44.3 Å². The highest BCUT2D eigenvalue weighted by Gasteiger charge is 2.16. The Kier molecular flexibility index (Phi) is 4.10. The number of nitrogens with one attached hydrogen (secondary N) is 1. The first-order valence-corrected chi connectivity index (χ1v) is 6.82. The van der Waals surface area contributed by atoms with Gasteiger partial charge in [-0.05, 0) is 56.0 Å². The van der Waals surface area contributed by atoms with Crippen molar-refractivity contribution in [3.8, 4) is 6.07 Å². The maximum absolute atomic E-state index is 9.54. The average molecular weight is 264 g/mol. The smallest absolute Gasteiger partial charge is 0.140 e. The molecule has 1 unspecified atom stereocenters. The minimum atomic E-state index is -0.323. The van der Waals surface area contributed by atoms with Crippen molar-refractivity contribution < 1.29 is 0 Å². The van der Waals surface area contributed by atoms with Gasteiger partial charge in [-0.3, -0.25) is 0 Å². The van der Waals surface area contributed by atoms with Crippen molar-refractivity contribution in [2.24, 2.45) is 0 Å². The SMILES string of the molecule is Cc1cc(C)c(C(C#N)Nc2ccccc2C)c(C)c1. The van der Waals surface area contributed by atoms with Crippen molar-refractivity contribution in [3.63, 3.8) is 0 Å². The van der Waals surface area contributed by atoms with Crippen molar-refractivity contribution in [2.75, 3.05) is 5.32 Å². The molecule has 0 spiro atoms. The number of para-hydroxylation sites is 1. The molecule has 102 valence electrons. The zero-order valence-electron chi connectivity index (χ0n) is 12.5. The molecule has 0 saturated carbocycles. The van der Waals surface area contributed by atoms with Crippen molar-refractivity contribution >= 4 is 5.69 Å². The number of rotatable bonds is 3. The number of aryl methyl sites for hydroxylation is 4. The van der Waals surface area contributed by atoms with Crippen LogP contribution in [0.25, 0.3) is 0 Å². The Bertz CT molecular complexity index is 642. The van der Waals surface area contributed by atoms with Gasteiger partial charge >= 0.3 is 0 Å². The number of benzene rings is 2. The maximum Gasteiger partial charge on any atom is 0.140 e. The lowest BCUT2D eigenvalue weighted by Crippen LogP contribution is -2.12. The standard InChI is InChI=1S/C18H20N2/c1-12-9-14(3)18(15(4)10-12)17(11-19)20-16-8-6-5-7-13(16)2/h5-10,17,20H,1-4H3. The Morgan fingerprint density at radius 1 is 0.950 bits per heavy atom. The van der Waals surface area contributed by atoms with Gasteiger partial charge in [-0.25, -0.2) is 0 Å². The summed E-state index contributed by atoms with van der Waals surface area (Å²) in [6, 6.07) is 14.4. The van der Waals surface area contributed by atoms with Crippen LogP contribution in [-0.2, 0) is 0 Å². The maximum atomic E-state index is 9.54. The van der Waals surface area contributed by atoms with Crippen LogP contribution in [0.1, 0.15) is 33.9 Å². The first-order valence-electron chi connectivity index (χ1n) is 6.82. The molecule has 2 aromatic carbocycles. The molecule has 0 aliphatic heterocycles. The number of hydrogen-bond acceptors (Lipinski definition) is 2. The summed E-state index contributed by atoms with van der Waals surface area (Å²) in [5, 5.41) is 12.9. The van der Waals surface area contributed by atoms with E-state index in [-0.39, 0.29) is 6.04 Å². The number of nitrogens with zero attached hydrogens (tertiary/aromatic N) is 1. The zero-order chi connectivity index (χ0) is 14.7. The fourth-order valence-corrected chi connectivity index (χ4v) is 2.71. The predicted octanol–water partition coefficient (Wildman–Crippen LogP) is 4.60. The second-order valence-corrected chi connectivity index (χ2v) is 5.33. The first-order chi connectivity index (χ1) is 9.52. The zero-order valence-corrected chi connectivity index (χ0v) is 12.5. The molecule has 0 aliphatic rings. The molecule has 2 rings (SSSR count). The molecule has 0 radical (unpaired) electrons. The van der Waals surface area contributed by atoms with E-state index < -0.39 is 0 Å². The van der Waals surface area contributed by atoms with E-state index in [0.717, 1.165) is 27.9 Å². The minimum absolute atomic E-state index is 0.323. The third-order valence-corrected chi connectivity index (χ3v) is 3.60. The molecule has 0 aliphatic carbocycles. The van der Waals surface area contributed by atoms with Gasteiger partial charge in [0, 0.05) is 5.69 Å². The van der Waals surface area contributed by atoms with Crippen LogP contribution in [0.2, 0.25) is 0 Å². The van der Waals surface area contributed by atoms with Crippen LogP contribution >= 0.6 is 0 Å². The average Bonchev–Trinajstić information content (AvgIpc) is 2.38. The highest BCUT2D eigenvalue weighted by Crippen LogP contribution is 2.27. The van der Waals surface area contributed by atoms with Gasteiger partial charge < -0.3 is 5.32 Å². The summed E-state index contributed by atoms with van der Waals surface area (Å²) in [5.41, 5.74) is 6.80. The lowest BCUT2D eigenvalue weighted by atomic mass is 9.94. The van der Waals surface area contributed by atoms with E-state index in [4.69, 9.17) is 0 Å². The second kappa shape index (κ2) is 5.79. The highest BCUT2D eigenvalue weighted by molar-refractivity contribution is 5.55. The fraction of sp³-hybridized carbons (Fsp3) is 0.278. The third-order valence-electron chi connectivity index (χ3n) is 3.60. The Morgan fingerprint density at radius 3 is 2.10 bits per heavy atom. The topological polar surface area (TPSA) is 35.8 Å². The fourth-order valence-electron chi connectivity index (χ4n) is 2.71. The monoisotopic (exact) mass is 264 g/mol. The van der Waals surface area contributed by atoms with Crippen LogP contribution in [0.4, 0.5) is 5.69 Å². The summed E-state index contributed by atoms with van der Waals surface area (Å²) in [6.45, 7) is 8.27. The summed E-state index contributed by atoms with van der Waals surface area (Å²) >= 11 is 0. The molecular formula is C18H20N2. The first kappa shape index (κ1) is 14.1. The highest BCUT2D eigenvalue weighted by atomic mass is 14.9. The van der Waals surface area contributed by atoms with Crippen LogP contribution in [0.5, 0.6) is 0 Å². The number of hydrogen-bond donors (Lipinski definition) is 1. The van der Waals surface area contributed by atoms with Crippen LogP contribution in [-0.4, -0.2) is 0 Å². The molecule has 0 heterocycles. The Morgan fingerprint density at radius 2 is 1.55 bits per heavy atom. The predicted molar refractivity (Wildman–Crippen MR) is 83.8 cm³/mol. The van der Waals surface area contributed by atoms with E-state index in [1.54, 1.807) is 0 Å². The van der Waals surface area contributed by atoms with E-state index in [1.807, 2.05) is 31.2 Å². The molecule has 2 nitrogen and oxygen atoms in total. The second-order valence-electron chi connectivity index (χ2n) is 5.33. The van der Waals surface area contributed by atoms with Crippen molar-refractivity contribution in [1.82, 2.24) is 0 Å². The molecule has 1 atom stereocenters. The lowest BCUT2D eigenvalue weighted by molar-refractivity contribution is 0.959. The van der Waals surface area contributed by atoms with Crippen molar-refractivity contribution in [1.29, 1.82) is 5.26 Å². The Balaban J connectivity index is 2.40. The summed E-state index contributed by atoms with van der Waals surface area (Å²) < 4.78 is 0. The van der Waals surface area contributed by atoms with Gasteiger partial charge in [0.15, 0.2) is 0 Å². The largest absolute Gasteiger partial charge is 0.366 e. The van der Waals surface area contributed by atoms with Gasteiger partial charge in [0.2, 0.25) is 0 Å². The van der Waals surface area contributed by atoms with Gasteiger partial charge in [-0.2, -0.15) is 5.26 Å². The Hall–Kier alpha value is -2.27. The lowest BCUT2D eigenvalue weighted by Gasteiger charge is -2.19. The van der Waals surface area contributed by atoms with Gasteiger partial charge in [0.25, 0.3) is 0 Å². The molecule has 1 N–H and O–H groups in total. The molecule has 2 aromatic rings. The van der Waals surface area contributed by atoms with Gasteiger partial charge in [0.05, 0.1) is 6.07 Å². The summed E-state index contributed by atoms with van der Waals surface area (Å²) in [6.07, 6.45) is 0. The minimum Gasteiger partial charge on any atom is -0.366 e. The van der Waals surface area contributed by atoms with E-state index in [0.29, 0.717) is 0 Å². The van der Waals surface area contributed by atoms with Crippen LogP contribution < -0.4 is 5.32 Å². The van der Waals surface area contributed by atoms with E-state index >= 15 is 0 Å². The molecular weight excluding hydrogens is 244 g/mol. The van der Waals surface area contributed by atoms with Gasteiger partial charge in [-0.15, -0.1) is 0 Å². The summed E-state index contributed by atoms with van der Waals surface area (Å²) in [4.78, 5) is 0. The molecule has 0 bridgehead atoms. The summed E-state index contributed by atoms with van der Waals surface area (Å²) in [5.74, 6) is 0. The molecule has 0 amide bonds. The molecule has 0 saturated heterocycles. The van der Waals surface area contributed by atoms with Crippen LogP contribution in [0, 0.1) is 39.0 Å². The van der Waals surface area contributed by atoms with Crippen LogP contribution in [0.3, 0.4) is 0 Å². The quantitative estimate of drug-likeness (QED) is 0.879. The summed E-state index contributed by atoms with van der Waals surface area (Å²) in [7, 11) is 0. The third kappa shape index (κ3) is 2.83. The molecule has 2 heteroatoms. The van der Waals surface area contributed by atoms with Crippen molar-refractivity contribution in [3.05, 3.63) is 64.2 Å². The Labute approximate surface area is 121 Å². The van der Waals surface area contributed by atoms with Gasteiger partial charge in [0.1, 0.15) is 6.04 Å². The number of nitriles is 1. The molecule has 20 heavy (non-hydrogen) atoms. The molecule has 0 fully saturated rings.